The fourth-order valence-electron chi connectivity index (χ4n) is 7.52. The number of fused-ring (bicyclic) bond motifs is 2. The topological polar surface area (TPSA) is 63.6 Å². The first kappa shape index (κ1) is 15.1. The van der Waals surface area contributed by atoms with Gasteiger partial charge in [-0.05, 0) is 61.9 Å². The predicted octanol–water partition coefficient (Wildman–Crippen LogP) is 2.64. The Bertz CT molecular complexity index is 669. The van der Waals surface area contributed by atoms with Crippen molar-refractivity contribution < 1.29 is 19.4 Å². The third-order valence-corrected chi connectivity index (χ3v) is 8.65. The zero-order valence-electron chi connectivity index (χ0n) is 14.3. The van der Waals surface area contributed by atoms with E-state index in [-0.39, 0.29) is 34.9 Å². The molecule has 0 radical (unpaired) electrons. The first-order chi connectivity index (χ1) is 11.4. The van der Waals surface area contributed by atoms with Crippen LogP contribution in [-0.2, 0) is 14.3 Å². The number of esters is 1. The van der Waals surface area contributed by atoms with Gasteiger partial charge in [0.15, 0.2) is 5.78 Å². The second-order valence-electron chi connectivity index (χ2n) is 9.35. The van der Waals surface area contributed by atoms with E-state index in [2.05, 4.69) is 13.5 Å². The molecule has 7 atom stereocenters. The fraction of sp³-hybridized carbons (Fsp3) is 0.800. The molecule has 5 aliphatic carbocycles. The van der Waals surface area contributed by atoms with E-state index in [1.165, 1.54) is 0 Å². The first-order valence-electron chi connectivity index (χ1n) is 9.45. The van der Waals surface area contributed by atoms with Crippen molar-refractivity contribution in [2.45, 2.75) is 58.0 Å². The summed E-state index contributed by atoms with van der Waals surface area (Å²) in [6, 6.07) is 0. The van der Waals surface area contributed by atoms with Crippen LogP contribution in [0.2, 0.25) is 0 Å². The number of cyclic esters (lactones) is 1. The maximum absolute atomic E-state index is 13.2. The van der Waals surface area contributed by atoms with Crippen LogP contribution < -0.4 is 0 Å². The first-order valence-corrected chi connectivity index (χ1v) is 9.45. The van der Waals surface area contributed by atoms with E-state index in [4.69, 9.17) is 4.74 Å². The Hall–Kier alpha value is -1.16. The zero-order valence-corrected chi connectivity index (χ0v) is 14.3. The highest BCUT2D eigenvalue weighted by molar-refractivity contribution is 6.03. The Morgan fingerprint density at radius 3 is 2.71 bits per heavy atom. The number of ketones is 1. The van der Waals surface area contributed by atoms with Gasteiger partial charge in [0.2, 0.25) is 0 Å². The largest absolute Gasteiger partial charge is 0.465 e. The molecule has 0 aromatic carbocycles. The van der Waals surface area contributed by atoms with Gasteiger partial charge < -0.3 is 9.84 Å². The molecule has 1 spiro atoms. The Morgan fingerprint density at radius 2 is 1.92 bits per heavy atom. The average Bonchev–Trinajstić information content (AvgIpc) is 2.57. The van der Waals surface area contributed by atoms with Crippen LogP contribution >= 0.6 is 0 Å². The molecule has 6 rings (SSSR count). The minimum Gasteiger partial charge on any atom is -0.465 e. The standard InChI is InChI=1S/C20H26O4/c1-11-12-4-7-20(16(11)22)14(8-12)19-6-3-5-18(2,10-24-17(19)23)13(19)9-15(20)21/h12-15,21H,1,3-10H2,2H3/t12-,13+,14-,15+,18-,19-,20+/m0/s1. The minimum absolute atomic E-state index is 0.0426. The molecule has 6 fully saturated rings. The summed E-state index contributed by atoms with van der Waals surface area (Å²) < 4.78 is 5.70. The van der Waals surface area contributed by atoms with Gasteiger partial charge in [0, 0.05) is 5.41 Å². The molecular weight excluding hydrogens is 304 g/mol. The molecule has 1 heterocycles. The van der Waals surface area contributed by atoms with E-state index < -0.39 is 16.9 Å². The molecule has 6 aliphatic rings. The summed E-state index contributed by atoms with van der Waals surface area (Å²) in [5.74, 6) is 0.217. The zero-order chi connectivity index (χ0) is 16.9. The summed E-state index contributed by atoms with van der Waals surface area (Å²) in [6.07, 6.45) is 5.25. The Balaban J connectivity index is 1.72. The SMILES string of the molecule is C=C1C(=O)[C@]23CC[C@H]1C[C@H]2[C@@]12CCC[C@@](C)(COC1=O)[C@H]2C[C@H]3O. The summed E-state index contributed by atoms with van der Waals surface area (Å²) in [5, 5.41) is 11.1. The molecule has 1 aliphatic heterocycles. The molecule has 0 amide bonds. The van der Waals surface area contributed by atoms with Gasteiger partial charge in [-0.2, -0.15) is 0 Å². The monoisotopic (exact) mass is 330 g/mol. The van der Waals surface area contributed by atoms with Crippen molar-refractivity contribution in [3.8, 4) is 0 Å². The number of rotatable bonds is 0. The lowest BCUT2D eigenvalue weighted by atomic mass is 9.35. The van der Waals surface area contributed by atoms with E-state index in [1.807, 2.05) is 0 Å². The van der Waals surface area contributed by atoms with Crippen molar-refractivity contribution in [2.75, 3.05) is 6.61 Å². The highest BCUT2D eigenvalue weighted by Gasteiger charge is 2.75. The molecule has 4 heteroatoms. The van der Waals surface area contributed by atoms with Crippen LogP contribution in [0.1, 0.15) is 51.9 Å². The Morgan fingerprint density at radius 1 is 1.12 bits per heavy atom. The van der Waals surface area contributed by atoms with E-state index in [0.29, 0.717) is 25.0 Å². The van der Waals surface area contributed by atoms with E-state index in [0.717, 1.165) is 32.1 Å². The van der Waals surface area contributed by atoms with E-state index in [9.17, 15) is 14.7 Å². The molecule has 4 bridgehead atoms. The molecule has 1 saturated heterocycles. The number of Topliss-reactive ketones (excluding diaryl/α,β-unsaturated/α-hetero) is 1. The predicted molar refractivity (Wildman–Crippen MR) is 86.9 cm³/mol. The van der Waals surface area contributed by atoms with Crippen molar-refractivity contribution in [2.24, 2.45) is 34.0 Å². The normalized spacial score (nSPS) is 55.7. The van der Waals surface area contributed by atoms with Crippen LogP contribution in [0, 0.1) is 34.0 Å². The van der Waals surface area contributed by atoms with Gasteiger partial charge in [-0.25, -0.2) is 0 Å². The van der Waals surface area contributed by atoms with Crippen LogP contribution in [0.4, 0.5) is 0 Å². The van der Waals surface area contributed by atoms with Gasteiger partial charge in [-0.3, -0.25) is 9.59 Å². The lowest BCUT2D eigenvalue weighted by molar-refractivity contribution is -0.254. The number of aliphatic hydroxyl groups excluding tert-OH is 1. The number of hydrogen-bond acceptors (Lipinski definition) is 4. The van der Waals surface area contributed by atoms with Crippen molar-refractivity contribution in [3.05, 3.63) is 12.2 Å². The number of aliphatic hydroxyl groups is 1. The van der Waals surface area contributed by atoms with Crippen LogP contribution in [-0.4, -0.2) is 29.6 Å². The van der Waals surface area contributed by atoms with Gasteiger partial charge in [0.25, 0.3) is 0 Å². The molecule has 4 nitrogen and oxygen atoms in total. The van der Waals surface area contributed by atoms with Crippen LogP contribution in [0.25, 0.3) is 0 Å². The number of ether oxygens (including phenoxy) is 1. The van der Waals surface area contributed by atoms with Gasteiger partial charge in [0.1, 0.15) is 0 Å². The third-order valence-electron chi connectivity index (χ3n) is 8.65. The quantitative estimate of drug-likeness (QED) is 0.548. The maximum Gasteiger partial charge on any atom is 0.312 e. The van der Waals surface area contributed by atoms with Crippen LogP contribution in [0.3, 0.4) is 0 Å². The third kappa shape index (κ3) is 1.39. The van der Waals surface area contributed by atoms with Crippen LogP contribution in [0.15, 0.2) is 12.2 Å². The van der Waals surface area contributed by atoms with Gasteiger partial charge in [0.05, 0.1) is 23.5 Å². The fourth-order valence-corrected chi connectivity index (χ4v) is 7.52. The molecule has 24 heavy (non-hydrogen) atoms. The highest BCUT2D eigenvalue weighted by atomic mass is 16.5. The second kappa shape index (κ2) is 4.32. The van der Waals surface area contributed by atoms with Crippen molar-refractivity contribution in [1.29, 1.82) is 0 Å². The number of carbonyl (C=O) groups excluding carboxylic acids is 2. The molecule has 130 valence electrons. The highest BCUT2D eigenvalue weighted by Crippen LogP contribution is 2.72. The molecule has 0 aromatic heterocycles. The van der Waals surface area contributed by atoms with Crippen molar-refractivity contribution in [3.63, 3.8) is 0 Å². The van der Waals surface area contributed by atoms with Gasteiger partial charge in [-0.1, -0.05) is 19.9 Å². The number of hydrogen-bond donors (Lipinski definition) is 1. The second-order valence-corrected chi connectivity index (χ2v) is 9.35. The lowest BCUT2D eigenvalue weighted by Crippen LogP contribution is -2.72. The smallest absolute Gasteiger partial charge is 0.312 e. The minimum atomic E-state index is -0.781. The number of allylic oxidation sites excluding steroid dienone is 1. The molecular formula is C20H26O4. The van der Waals surface area contributed by atoms with Gasteiger partial charge in [-0.15, -0.1) is 0 Å². The summed E-state index contributed by atoms with van der Waals surface area (Å²) in [5.41, 5.74) is -0.698. The summed E-state index contributed by atoms with van der Waals surface area (Å²) in [7, 11) is 0. The summed E-state index contributed by atoms with van der Waals surface area (Å²) in [4.78, 5) is 26.2. The lowest BCUT2D eigenvalue weighted by Gasteiger charge is -2.69. The van der Waals surface area contributed by atoms with Gasteiger partial charge >= 0.3 is 5.97 Å². The van der Waals surface area contributed by atoms with E-state index in [1.54, 1.807) is 0 Å². The number of carbonyl (C=O) groups is 2. The molecule has 1 N–H and O–H groups in total. The molecule has 0 unspecified atom stereocenters. The summed E-state index contributed by atoms with van der Waals surface area (Å²) >= 11 is 0. The van der Waals surface area contributed by atoms with Crippen molar-refractivity contribution >= 4 is 11.8 Å². The van der Waals surface area contributed by atoms with Crippen molar-refractivity contribution in [1.82, 2.24) is 0 Å². The maximum atomic E-state index is 13.2. The van der Waals surface area contributed by atoms with Crippen LogP contribution in [0.5, 0.6) is 0 Å². The Kier molecular flexibility index (Phi) is 2.72. The molecule has 0 aromatic rings. The van der Waals surface area contributed by atoms with E-state index >= 15 is 0 Å². The average molecular weight is 330 g/mol. The summed E-state index contributed by atoms with van der Waals surface area (Å²) in [6.45, 7) is 6.72. The Labute approximate surface area is 142 Å². The molecule has 5 saturated carbocycles.